The molecule has 2 aromatic rings. The number of carbonyl (C=O) groups excluding carboxylic acids is 1. The van der Waals surface area contributed by atoms with Crippen LogP contribution in [0.5, 0.6) is 11.5 Å². The van der Waals surface area contributed by atoms with Crippen molar-refractivity contribution in [2.24, 2.45) is 0 Å². The van der Waals surface area contributed by atoms with Crippen LogP contribution in [0.1, 0.15) is 11.1 Å². The Bertz CT molecular complexity index is 661. The number of nitrogens with one attached hydrogen (secondary N) is 2. The van der Waals surface area contributed by atoms with E-state index >= 15 is 0 Å². The molecule has 5 heteroatoms. The predicted molar refractivity (Wildman–Crippen MR) is 94.8 cm³/mol. The van der Waals surface area contributed by atoms with Gasteiger partial charge in [-0.05, 0) is 6.92 Å². The number of rotatable bonds is 7. The molecule has 2 aromatic carbocycles. The molecule has 0 radical (unpaired) electrons. The number of quaternary nitrogens is 1. The molecule has 1 unspecified atom stereocenters. The molecule has 0 spiro atoms. The Hall–Kier alpha value is -2.53. The van der Waals surface area contributed by atoms with Gasteiger partial charge in [-0.25, -0.2) is 0 Å². The second-order valence-corrected chi connectivity index (χ2v) is 5.95. The van der Waals surface area contributed by atoms with E-state index in [-0.39, 0.29) is 5.91 Å². The highest BCUT2D eigenvalue weighted by atomic mass is 16.5. The molecule has 0 heterocycles. The maximum Gasteiger partial charge on any atom is 0.279 e. The number of anilines is 1. The number of carbonyl (C=O) groups is 1. The first-order valence-corrected chi connectivity index (χ1v) is 7.90. The van der Waals surface area contributed by atoms with Gasteiger partial charge in [0.1, 0.15) is 18.0 Å². The lowest BCUT2D eigenvalue weighted by molar-refractivity contribution is -0.885. The van der Waals surface area contributed by atoms with Gasteiger partial charge in [-0.3, -0.25) is 4.79 Å². The van der Waals surface area contributed by atoms with E-state index in [0.717, 1.165) is 11.4 Å². The Morgan fingerprint density at radius 1 is 1.04 bits per heavy atom. The fourth-order valence-corrected chi connectivity index (χ4v) is 2.48. The van der Waals surface area contributed by atoms with Crippen LogP contribution in [0.25, 0.3) is 0 Å². The third-order valence-electron chi connectivity index (χ3n) is 3.72. The quantitative estimate of drug-likeness (QED) is 0.812. The number of aryl methyl sites for hydroxylation is 1. The number of ether oxygens (including phenoxy) is 2. The molecule has 24 heavy (non-hydrogen) atoms. The number of hydrogen-bond acceptors (Lipinski definition) is 3. The molecule has 2 N–H and O–H groups in total. The van der Waals surface area contributed by atoms with Gasteiger partial charge in [0.05, 0.1) is 21.3 Å². The lowest BCUT2D eigenvalue weighted by atomic mass is 10.1. The molecule has 0 fully saturated rings. The van der Waals surface area contributed by atoms with Crippen molar-refractivity contribution < 1.29 is 19.2 Å². The topological polar surface area (TPSA) is 52.0 Å². The van der Waals surface area contributed by atoms with E-state index in [1.807, 2.05) is 7.05 Å². The van der Waals surface area contributed by atoms with Crippen LogP contribution in [0.15, 0.2) is 42.5 Å². The predicted octanol–water partition coefficient (Wildman–Crippen LogP) is 1.67. The normalized spacial score (nSPS) is 11.7. The number of benzene rings is 2. The second-order valence-electron chi connectivity index (χ2n) is 5.95. The van der Waals surface area contributed by atoms with Crippen LogP contribution in [0.3, 0.4) is 0 Å². The summed E-state index contributed by atoms with van der Waals surface area (Å²) < 4.78 is 10.4. The highest BCUT2D eigenvalue weighted by Gasteiger charge is 2.12. The molecule has 128 valence electrons. The van der Waals surface area contributed by atoms with Crippen LogP contribution in [0, 0.1) is 6.92 Å². The van der Waals surface area contributed by atoms with Gasteiger partial charge in [0, 0.05) is 29.4 Å². The summed E-state index contributed by atoms with van der Waals surface area (Å²) in [6.45, 7) is 3.25. The largest absolute Gasteiger partial charge is 0.497 e. The lowest BCUT2D eigenvalue weighted by Crippen LogP contribution is -3.08. The van der Waals surface area contributed by atoms with E-state index in [2.05, 4.69) is 36.5 Å². The molecule has 5 nitrogen and oxygen atoms in total. The molecule has 0 aliphatic heterocycles. The SMILES string of the molecule is COc1cc(NC(=O)C[NH+](C)Cc2ccc(C)cc2)cc(OC)c1. The summed E-state index contributed by atoms with van der Waals surface area (Å²) in [4.78, 5) is 13.4. The first-order valence-electron chi connectivity index (χ1n) is 7.90. The summed E-state index contributed by atoms with van der Waals surface area (Å²) in [5, 5.41) is 2.90. The molecular weight excluding hydrogens is 304 g/mol. The van der Waals surface area contributed by atoms with Gasteiger partial charge in [0.15, 0.2) is 6.54 Å². The van der Waals surface area contributed by atoms with Crippen LogP contribution < -0.4 is 19.7 Å². The van der Waals surface area contributed by atoms with Gasteiger partial charge in [-0.2, -0.15) is 0 Å². The Morgan fingerprint density at radius 2 is 1.62 bits per heavy atom. The fourth-order valence-electron chi connectivity index (χ4n) is 2.48. The standard InChI is InChI=1S/C19H24N2O3/c1-14-5-7-15(8-6-14)12-21(2)13-19(22)20-16-9-17(23-3)11-18(10-16)24-4/h5-11H,12-13H2,1-4H3,(H,20,22)/p+1. The van der Waals surface area contributed by atoms with Crippen LogP contribution >= 0.6 is 0 Å². The maximum atomic E-state index is 12.3. The summed E-state index contributed by atoms with van der Waals surface area (Å²) in [5.74, 6) is 1.24. The minimum atomic E-state index is -0.0464. The number of methoxy groups -OCH3 is 2. The molecule has 0 aromatic heterocycles. The molecule has 0 saturated carbocycles. The van der Waals surface area contributed by atoms with Crippen molar-refractivity contribution in [3.05, 3.63) is 53.6 Å². The zero-order valence-corrected chi connectivity index (χ0v) is 14.7. The molecule has 0 aliphatic carbocycles. The van der Waals surface area contributed by atoms with E-state index in [4.69, 9.17) is 9.47 Å². The average molecular weight is 329 g/mol. The molecular formula is C19H25N2O3+. The summed E-state index contributed by atoms with van der Waals surface area (Å²) >= 11 is 0. The van der Waals surface area contributed by atoms with Crippen molar-refractivity contribution in [2.45, 2.75) is 13.5 Å². The summed E-state index contributed by atoms with van der Waals surface area (Å²) in [6, 6.07) is 13.7. The van der Waals surface area contributed by atoms with Crippen LogP contribution in [-0.2, 0) is 11.3 Å². The lowest BCUT2D eigenvalue weighted by Gasteiger charge is -2.15. The minimum absolute atomic E-state index is 0.0464. The summed E-state index contributed by atoms with van der Waals surface area (Å²) in [5.41, 5.74) is 3.12. The minimum Gasteiger partial charge on any atom is -0.497 e. The Morgan fingerprint density at radius 3 is 2.17 bits per heavy atom. The van der Waals surface area contributed by atoms with Gasteiger partial charge >= 0.3 is 0 Å². The van der Waals surface area contributed by atoms with Gasteiger partial charge in [-0.1, -0.05) is 29.8 Å². The van der Waals surface area contributed by atoms with Gasteiger partial charge in [0.2, 0.25) is 0 Å². The van der Waals surface area contributed by atoms with Crippen molar-refractivity contribution in [3.63, 3.8) is 0 Å². The van der Waals surface area contributed by atoms with Crippen molar-refractivity contribution in [1.29, 1.82) is 0 Å². The molecule has 1 atom stereocenters. The molecule has 0 aliphatic rings. The Balaban J connectivity index is 1.93. The molecule has 2 rings (SSSR count). The van der Waals surface area contributed by atoms with E-state index in [1.54, 1.807) is 32.4 Å². The average Bonchev–Trinajstić information content (AvgIpc) is 2.56. The van der Waals surface area contributed by atoms with Crippen molar-refractivity contribution >= 4 is 11.6 Å². The monoisotopic (exact) mass is 329 g/mol. The smallest absolute Gasteiger partial charge is 0.279 e. The Kier molecular flexibility index (Phi) is 6.21. The second kappa shape index (κ2) is 8.36. The van der Waals surface area contributed by atoms with Crippen LogP contribution in [0.2, 0.25) is 0 Å². The van der Waals surface area contributed by atoms with Gasteiger partial charge in [-0.15, -0.1) is 0 Å². The van der Waals surface area contributed by atoms with E-state index in [0.29, 0.717) is 23.7 Å². The van der Waals surface area contributed by atoms with E-state index in [1.165, 1.54) is 11.1 Å². The van der Waals surface area contributed by atoms with E-state index < -0.39 is 0 Å². The molecule has 0 bridgehead atoms. The van der Waals surface area contributed by atoms with Gasteiger partial charge < -0.3 is 19.7 Å². The van der Waals surface area contributed by atoms with Crippen molar-refractivity contribution in [2.75, 3.05) is 33.1 Å². The third-order valence-corrected chi connectivity index (χ3v) is 3.72. The zero-order chi connectivity index (χ0) is 17.5. The van der Waals surface area contributed by atoms with E-state index in [9.17, 15) is 4.79 Å². The van der Waals surface area contributed by atoms with Crippen LogP contribution in [0.4, 0.5) is 5.69 Å². The zero-order valence-electron chi connectivity index (χ0n) is 14.7. The van der Waals surface area contributed by atoms with Crippen molar-refractivity contribution in [1.82, 2.24) is 0 Å². The first kappa shape index (κ1) is 17.8. The summed E-state index contributed by atoms with van der Waals surface area (Å²) in [7, 11) is 5.17. The third kappa shape index (κ3) is 5.28. The van der Waals surface area contributed by atoms with Crippen LogP contribution in [-0.4, -0.2) is 33.7 Å². The fraction of sp³-hybridized carbons (Fsp3) is 0.316. The summed E-state index contributed by atoms with van der Waals surface area (Å²) in [6.07, 6.45) is 0. The molecule has 0 saturated heterocycles. The highest BCUT2D eigenvalue weighted by molar-refractivity contribution is 5.91. The molecule has 1 amide bonds. The number of likely N-dealkylation sites (N-methyl/N-ethyl adjacent to an activating group) is 1. The Labute approximate surface area is 143 Å². The van der Waals surface area contributed by atoms with Gasteiger partial charge in [0.25, 0.3) is 5.91 Å². The van der Waals surface area contributed by atoms with Crippen molar-refractivity contribution in [3.8, 4) is 11.5 Å². The number of amides is 1. The first-order chi connectivity index (χ1) is 11.5. The number of hydrogen-bond donors (Lipinski definition) is 2. The highest BCUT2D eigenvalue weighted by Crippen LogP contribution is 2.25. The maximum absolute atomic E-state index is 12.3.